The molecule has 0 bridgehead atoms. The summed E-state index contributed by atoms with van der Waals surface area (Å²) < 4.78 is 18.4. The number of anilines is 1. The van der Waals surface area contributed by atoms with Crippen LogP contribution in [0.1, 0.15) is 36.7 Å². The molecule has 0 saturated carbocycles. The van der Waals surface area contributed by atoms with Crippen LogP contribution in [-0.4, -0.2) is 74.9 Å². The molecule has 0 aliphatic carbocycles. The molecule has 1 aromatic heterocycles. The van der Waals surface area contributed by atoms with Crippen LogP contribution in [-0.2, 0) is 0 Å². The molecule has 2 aromatic carbocycles. The monoisotopic (exact) mass is 512 g/mol. The van der Waals surface area contributed by atoms with Crippen LogP contribution in [0.15, 0.2) is 30.3 Å². The number of aryl methyl sites for hydroxylation is 1. The van der Waals surface area contributed by atoms with Gasteiger partial charge in [-0.2, -0.15) is 0 Å². The standard InChI is InChI=1S/C27H36N4O4S/c1-5-33-22-17-20(18-23(34-6-2)25(22)35-7-3)26(32)28-10-11-30-12-14-31(15-13-30)27-29-21-9-8-19(4)16-24(21)36-27/h8-9,16-18H,5-7,10-15H2,1-4H3,(H,28,32). The van der Waals surface area contributed by atoms with E-state index < -0.39 is 0 Å². The van der Waals surface area contributed by atoms with Crippen LogP contribution in [0.2, 0.25) is 0 Å². The second kappa shape index (κ2) is 12.3. The molecule has 1 fully saturated rings. The molecule has 0 radical (unpaired) electrons. The number of benzene rings is 2. The number of nitrogens with zero attached hydrogens (tertiary/aromatic N) is 3. The Hall–Kier alpha value is -3.04. The highest BCUT2D eigenvalue weighted by atomic mass is 32.1. The van der Waals surface area contributed by atoms with Gasteiger partial charge in [0.25, 0.3) is 5.91 Å². The lowest BCUT2D eigenvalue weighted by Crippen LogP contribution is -2.48. The van der Waals surface area contributed by atoms with Gasteiger partial charge in [0.2, 0.25) is 5.75 Å². The number of fused-ring (bicyclic) bond motifs is 1. The molecule has 1 saturated heterocycles. The number of ether oxygens (including phenoxy) is 3. The minimum Gasteiger partial charge on any atom is -0.490 e. The second-order valence-electron chi connectivity index (χ2n) is 8.65. The maximum atomic E-state index is 12.9. The molecule has 9 heteroatoms. The number of nitrogens with one attached hydrogen (secondary N) is 1. The predicted octanol–water partition coefficient (Wildman–Crippen LogP) is 4.35. The fraction of sp³-hybridized carbons (Fsp3) is 0.481. The topological polar surface area (TPSA) is 76.2 Å². The molecule has 1 aliphatic rings. The number of carbonyl (C=O) groups excluding carboxylic acids is 1. The van der Waals surface area contributed by atoms with Gasteiger partial charge in [-0.05, 0) is 57.5 Å². The number of thiazole rings is 1. The van der Waals surface area contributed by atoms with E-state index in [-0.39, 0.29) is 5.91 Å². The maximum absolute atomic E-state index is 12.9. The van der Waals surface area contributed by atoms with E-state index in [0.717, 1.165) is 43.4 Å². The van der Waals surface area contributed by atoms with E-state index in [1.54, 1.807) is 23.5 Å². The first-order chi connectivity index (χ1) is 17.5. The predicted molar refractivity (Wildman–Crippen MR) is 145 cm³/mol. The Kier molecular flexibility index (Phi) is 8.88. The molecule has 8 nitrogen and oxygen atoms in total. The van der Waals surface area contributed by atoms with Crippen LogP contribution in [0.5, 0.6) is 17.2 Å². The Labute approximate surface area is 217 Å². The van der Waals surface area contributed by atoms with Gasteiger partial charge < -0.3 is 24.4 Å². The van der Waals surface area contributed by atoms with E-state index in [1.165, 1.54) is 10.3 Å². The molecule has 194 valence electrons. The number of hydrogen-bond donors (Lipinski definition) is 1. The first-order valence-corrected chi connectivity index (χ1v) is 13.5. The molecule has 1 aliphatic heterocycles. The normalized spacial score (nSPS) is 14.2. The number of amides is 1. The highest BCUT2D eigenvalue weighted by Crippen LogP contribution is 2.39. The van der Waals surface area contributed by atoms with Gasteiger partial charge in [0.15, 0.2) is 16.6 Å². The number of hydrogen-bond acceptors (Lipinski definition) is 8. The minimum atomic E-state index is -0.150. The largest absolute Gasteiger partial charge is 0.490 e. The Morgan fingerprint density at radius 1 is 0.972 bits per heavy atom. The Bertz CT molecular complexity index is 1150. The van der Waals surface area contributed by atoms with Crippen molar-refractivity contribution in [2.24, 2.45) is 0 Å². The number of aromatic nitrogens is 1. The fourth-order valence-corrected chi connectivity index (χ4v) is 5.38. The lowest BCUT2D eigenvalue weighted by atomic mass is 10.1. The van der Waals surface area contributed by atoms with Gasteiger partial charge in [-0.1, -0.05) is 17.4 Å². The van der Waals surface area contributed by atoms with Crippen molar-refractivity contribution < 1.29 is 19.0 Å². The van der Waals surface area contributed by atoms with Crippen LogP contribution in [0.3, 0.4) is 0 Å². The molecule has 0 atom stereocenters. The SMILES string of the molecule is CCOc1cc(C(=O)NCCN2CCN(c3nc4ccc(C)cc4s3)CC2)cc(OCC)c1OCC. The average Bonchev–Trinajstić information content (AvgIpc) is 3.29. The van der Waals surface area contributed by atoms with E-state index in [2.05, 4.69) is 40.2 Å². The molecule has 1 N–H and O–H groups in total. The van der Waals surface area contributed by atoms with E-state index in [1.807, 2.05) is 20.8 Å². The number of rotatable bonds is 11. The third-order valence-electron chi connectivity index (χ3n) is 6.06. The molecule has 0 unspecified atom stereocenters. The van der Waals surface area contributed by atoms with Crippen molar-refractivity contribution in [2.75, 3.05) is 64.0 Å². The molecule has 1 amide bonds. The summed E-state index contributed by atoms with van der Waals surface area (Å²) in [7, 11) is 0. The summed E-state index contributed by atoms with van der Waals surface area (Å²) in [5.74, 6) is 1.44. The summed E-state index contributed by atoms with van der Waals surface area (Å²) in [5.41, 5.74) is 2.83. The van der Waals surface area contributed by atoms with Gasteiger partial charge in [-0.3, -0.25) is 9.69 Å². The highest BCUT2D eigenvalue weighted by molar-refractivity contribution is 7.22. The number of piperazine rings is 1. The summed E-state index contributed by atoms with van der Waals surface area (Å²) in [6, 6.07) is 9.87. The molecule has 2 heterocycles. The van der Waals surface area contributed by atoms with Crippen LogP contribution in [0.4, 0.5) is 5.13 Å². The van der Waals surface area contributed by atoms with Gasteiger partial charge in [-0.15, -0.1) is 0 Å². The van der Waals surface area contributed by atoms with Crippen LogP contribution < -0.4 is 24.4 Å². The first-order valence-electron chi connectivity index (χ1n) is 12.7. The summed E-state index contributed by atoms with van der Waals surface area (Å²) in [6.45, 7) is 14.4. The van der Waals surface area contributed by atoms with Gasteiger partial charge in [0.1, 0.15) is 0 Å². The average molecular weight is 513 g/mol. The third kappa shape index (κ3) is 6.20. The highest BCUT2D eigenvalue weighted by Gasteiger charge is 2.21. The van der Waals surface area contributed by atoms with E-state index >= 15 is 0 Å². The zero-order valence-corrected chi connectivity index (χ0v) is 22.5. The van der Waals surface area contributed by atoms with Gasteiger partial charge >= 0.3 is 0 Å². The quantitative estimate of drug-likeness (QED) is 0.409. The summed E-state index contributed by atoms with van der Waals surface area (Å²) in [5, 5.41) is 4.14. The molecule has 0 spiro atoms. The Morgan fingerprint density at radius 3 is 2.28 bits per heavy atom. The van der Waals surface area contributed by atoms with Gasteiger partial charge in [0.05, 0.1) is 30.0 Å². The van der Waals surface area contributed by atoms with Crippen LogP contribution in [0.25, 0.3) is 10.2 Å². The summed E-state index contributed by atoms with van der Waals surface area (Å²) in [4.78, 5) is 22.5. The second-order valence-corrected chi connectivity index (χ2v) is 9.66. The molecule has 4 rings (SSSR count). The van der Waals surface area contributed by atoms with Crippen molar-refractivity contribution in [1.82, 2.24) is 15.2 Å². The van der Waals surface area contributed by atoms with Crippen molar-refractivity contribution in [1.29, 1.82) is 0 Å². The van der Waals surface area contributed by atoms with Crippen molar-refractivity contribution in [2.45, 2.75) is 27.7 Å². The third-order valence-corrected chi connectivity index (χ3v) is 7.14. The Morgan fingerprint density at radius 2 is 1.64 bits per heavy atom. The van der Waals surface area contributed by atoms with Crippen molar-refractivity contribution in [3.8, 4) is 17.2 Å². The molecule has 3 aromatic rings. The summed E-state index contributed by atoms with van der Waals surface area (Å²) in [6.07, 6.45) is 0. The number of carbonyl (C=O) groups is 1. The van der Waals surface area contributed by atoms with Crippen LogP contribution >= 0.6 is 11.3 Å². The molecular formula is C27H36N4O4S. The fourth-order valence-electron chi connectivity index (χ4n) is 4.27. The van der Waals surface area contributed by atoms with Crippen LogP contribution in [0, 0.1) is 6.92 Å². The lowest BCUT2D eigenvalue weighted by Gasteiger charge is -2.34. The van der Waals surface area contributed by atoms with Gasteiger partial charge in [0, 0.05) is 44.8 Å². The Balaban J connectivity index is 1.30. The first kappa shape index (κ1) is 26.0. The maximum Gasteiger partial charge on any atom is 0.251 e. The van der Waals surface area contributed by atoms with Gasteiger partial charge in [-0.25, -0.2) is 4.98 Å². The van der Waals surface area contributed by atoms with Crippen molar-refractivity contribution in [3.05, 3.63) is 41.5 Å². The minimum absolute atomic E-state index is 0.150. The van der Waals surface area contributed by atoms with Crippen molar-refractivity contribution >= 4 is 32.6 Å². The summed E-state index contributed by atoms with van der Waals surface area (Å²) >= 11 is 1.76. The lowest BCUT2D eigenvalue weighted by molar-refractivity contribution is 0.0946. The van der Waals surface area contributed by atoms with E-state index in [0.29, 0.717) is 49.2 Å². The zero-order valence-electron chi connectivity index (χ0n) is 21.6. The van der Waals surface area contributed by atoms with E-state index in [4.69, 9.17) is 19.2 Å². The molecular weight excluding hydrogens is 476 g/mol. The molecule has 36 heavy (non-hydrogen) atoms. The van der Waals surface area contributed by atoms with E-state index in [9.17, 15) is 4.79 Å². The zero-order chi connectivity index (χ0) is 25.5. The van der Waals surface area contributed by atoms with Crippen molar-refractivity contribution in [3.63, 3.8) is 0 Å². The smallest absolute Gasteiger partial charge is 0.251 e.